The van der Waals surface area contributed by atoms with Gasteiger partial charge >= 0.3 is 0 Å². The van der Waals surface area contributed by atoms with Crippen molar-refractivity contribution in [2.24, 2.45) is 0 Å². The molecule has 0 saturated heterocycles. The Kier molecular flexibility index (Phi) is 9.25. The summed E-state index contributed by atoms with van der Waals surface area (Å²) in [5.41, 5.74) is 19.7. The molecule has 278 valence electrons. The lowest BCUT2D eigenvalue weighted by Crippen LogP contribution is -2.01. The van der Waals surface area contributed by atoms with E-state index in [4.69, 9.17) is 30.7 Å². The van der Waals surface area contributed by atoms with Crippen LogP contribution in [-0.4, -0.2) is 24.9 Å². The van der Waals surface area contributed by atoms with Crippen molar-refractivity contribution in [3.05, 3.63) is 206 Å². The van der Waals surface area contributed by atoms with E-state index < -0.39 is 0 Å². The van der Waals surface area contributed by atoms with Crippen LogP contribution in [0, 0.1) is 0 Å². The Bertz CT molecular complexity index is 3130. The van der Waals surface area contributed by atoms with Gasteiger partial charge in [-0.05, 0) is 52.1 Å². The van der Waals surface area contributed by atoms with Crippen LogP contribution in [0.1, 0.15) is 0 Å². The number of fused-ring (bicyclic) bond motifs is 1. The Labute approximate surface area is 342 Å². The van der Waals surface area contributed by atoms with Gasteiger partial charge in [-0.1, -0.05) is 182 Å². The van der Waals surface area contributed by atoms with E-state index in [2.05, 4.69) is 97.1 Å². The van der Waals surface area contributed by atoms with E-state index in [9.17, 15) is 0 Å². The molecule has 2 aromatic heterocycles. The summed E-state index contributed by atoms with van der Waals surface area (Å²) >= 11 is 0. The normalized spacial score (nSPS) is 11.1. The lowest BCUT2D eigenvalue weighted by Gasteiger charge is -2.15. The molecular weight excluding hydrogens is 721 g/mol. The van der Waals surface area contributed by atoms with Gasteiger partial charge in [0.2, 0.25) is 0 Å². The molecule has 0 amide bonds. The molecule has 0 radical (unpaired) electrons. The molecule has 0 unspecified atom stereocenters. The molecule has 10 aromatic rings. The zero-order chi connectivity index (χ0) is 39.5. The molecule has 0 aliphatic rings. The molecule has 0 atom stereocenters. The number of para-hydroxylation sites is 2. The molecular formula is C53H36N6. The van der Waals surface area contributed by atoms with Crippen molar-refractivity contribution >= 4 is 16.6 Å². The number of anilines is 1. The smallest absolute Gasteiger partial charge is 0.164 e. The fraction of sp³-hybridized carbons (Fsp3) is 0. The number of aromatic nitrogens is 5. The van der Waals surface area contributed by atoms with E-state index in [1.165, 1.54) is 0 Å². The molecule has 0 spiro atoms. The highest BCUT2D eigenvalue weighted by Gasteiger charge is 2.18. The summed E-state index contributed by atoms with van der Waals surface area (Å²) in [6, 6.07) is 69.9. The maximum Gasteiger partial charge on any atom is 0.164 e. The molecule has 0 fully saturated rings. The van der Waals surface area contributed by atoms with Gasteiger partial charge in [-0.2, -0.15) is 0 Å². The Balaban J connectivity index is 1.09. The molecule has 0 aliphatic carbocycles. The van der Waals surface area contributed by atoms with Gasteiger partial charge in [-0.25, -0.2) is 24.9 Å². The first-order valence-electron chi connectivity index (χ1n) is 19.5. The van der Waals surface area contributed by atoms with E-state index in [0.717, 1.165) is 77.8 Å². The van der Waals surface area contributed by atoms with Crippen LogP contribution in [0.5, 0.6) is 0 Å². The fourth-order valence-electron chi connectivity index (χ4n) is 7.65. The average Bonchev–Trinajstić information content (AvgIpc) is 3.32. The summed E-state index contributed by atoms with van der Waals surface area (Å²) in [5, 5.41) is 1.02. The second-order valence-electron chi connectivity index (χ2n) is 14.3. The maximum atomic E-state index is 6.40. The van der Waals surface area contributed by atoms with Crippen molar-refractivity contribution in [2.75, 3.05) is 5.73 Å². The summed E-state index contributed by atoms with van der Waals surface area (Å²) in [4.78, 5) is 25.6. The lowest BCUT2D eigenvalue weighted by molar-refractivity contribution is 1.07. The highest BCUT2D eigenvalue weighted by Crippen LogP contribution is 2.38. The predicted octanol–water partition coefficient (Wildman–Crippen LogP) is 12.7. The second kappa shape index (κ2) is 15.4. The highest BCUT2D eigenvalue weighted by atomic mass is 15.0. The number of rotatable bonds is 8. The monoisotopic (exact) mass is 756 g/mol. The van der Waals surface area contributed by atoms with E-state index in [1.807, 2.05) is 109 Å². The van der Waals surface area contributed by atoms with E-state index in [1.54, 1.807) is 0 Å². The Morgan fingerprint density at radius 2 is 0.695 bits per heavy atom. The van der Waals surface area contributed by atoms with Crippen LogP contribution in [0.15, 0.2) is 206 Å². The van der Waals surface area contributed by atoms with Gasteiger partial charge in [0.15, 0.2) is 23.3 Å². The summed E-state index contributed by atoms with van der Waals surface area (Å²) in [7, 11) is 0. The third-order valence-electron chi connectivity index (χ3n) is 10.5. The molecule has 0 aliphatic heterocycles. The standard InChI is InChI=1S/C53H36N6/c54-47-31-13-11-27-43(47)39-23-16-24-40(34-39)51-57-50(36-19-5-2-6-20-36)58-53(59-51)45-29-10-8-26-42(45)38-22-15-21-37(33-38)41-25-7-9-28-44(41)52-55-48-32-14-12-30-46(48)49(56-52)35-17-3-1-4-18-35/h1-34H,54H2. The largest absolute Gasteiger partial charge is 0.398 e. The minimum atomic E-state index is 0.577. The average molecular weight is 757 g/mol. The first kappa shape index (κ1) is 35.3. The summed E-state index contributed by atoms with van der Waals surface area (Å²) in [6.45, 7) is 0. The minimum Gasteiger partial charge on any atom is -0.398 e. The van der Waals surface area contributed by atoms with Gasteiger partial charge in [0, 0.05) is 44.5 Å². The molecule has 59 heavy (non-hydrogen) atoms. The fourth-order valence-corrected chi connectivity index (χ4v) is 7.65. The van der Waals surface area contributed by atoms with Crippen LogP contribution in [-0.2, 0) is 0 Å². The van der Waals surface area contributed by atoms with Crippen LogP contribution in [0.2, 0.25) is 0 Å². The highest BCUT2D eigenvalue weighted by molar-refractivity contribution is 5.95. The summed E-state index contributed by atoms with van der Waals surface area (Å²) in [6.07, 6.45) is 0. The third-order valence-corrected chi connectivity index (χ3v) is 10.5. The molecule has 6 heteroatoms. The molecule has 2 N–H and O–H groups in total. The number of hydrogen-bond acceptors (Lipinski definition) is 6. The number of nitrogen functional groups attached to an aromatic ring is 1. The summed E-state index contributed by atoms with van der Waals surface area (Å²) < 4.78 is 0. The van der Waals surface area contributed by atoms with Gasteiger partial charge in [-0.15, -0.1) is 0 Å². The molecule has 0 bridgehead atoms. The van der Waals surface area contributed by atoms with E-state index in [-0.39, 0.29) is 0 Å². The van der Waals surface area contributed by atoms with Crippen molar-refractivity contribution in [3.63, 3.8) is 0 Å². The van der Waals surface area contributed by atoms with Crippen molar-refractivity contribution in [1.82, 2.24) is 24.9 Å². The quantitative estimate of drug-likeness (QED) is 0.155. The van der Waals surface area contributed by atoms with Gasteiger partial charge in [0.1, 0.15) is 0 Å². The van der Waals surface area contributed by atoms with Crippen LogP contribution < -0.4 is 5.73 Å². The van der Waals surface area contributed by atoms with E-state index >= 15 is 0 Å². The Morgan fingerprint density at radius 3 is 1.34 bits per heavy atom. The Hall–Kier alpha value is -8.09. The summed E-state index contributed by atoms with van der Waals surface area (Å²) in [5.74, 6) is 2.43. The minimum absolute atomic E-state index is 0.577. The number of hydrogen-bond donors (Lipinski definition) is 1. The van der Waals surface area contributed by atoms with Gasteiger partial charge in [-0.3, -0.25) is 0 Å². The van der Waals surface area contributed by atoms with Crippen molar-refractivity contribution in [2.45, 2.75) is 0 Å². The van der Waals surface area contributed by atoms with Crippen molar-refractivity contribution in [3.8, 4) is 90.2 Å². The Morgan fingerprint density at radius 1 is 0.271 bits per heavy atom. The molecule has 6 nitrogen and oxygen atoms in total. The zero-order valence-electron chi connectivity index (χ0n) is 31.9. The van der Waals surface area contributed by atoms with Gasteiger partial charge < -0.3 is 5.73 Å². The molecule has 10 rings (SSSR count). The third kappa shape index (κ3) is 7.00. The number of benzene rings is 8. The predicted molar refractivity (Wildman–Crippen MR) is 241 cm³/mol. The lowest BCUT2D eigenvalue weighted by atomic mass is 9.93. The first-order chi connectivity index (χ1) is 29.2. The molecule has 2 heterocycles. The van der Waals surface area contributed by atoms with Crippen molar-refractivity contribution in [1.29, 1.82) is 0 Å². The van der Waals surface area contributed by atoms with Crippen LogP contribution >= 0.6 is 0 Å². The van der Waals surface area contributed by atoms with Gasteiger partial charge in [0.05, 0.1) is 11.2 Å². The number of nitrogens with zero attached hydrogens (tertiary/aromatic N) is 5. The number of nitrogens with two attached hydrogens (primary N) is 1. The van der Waals surface area contributed by atoms with Crippen LogP contribution in [0.25, 0.3) is 101 Å². The van der Waals surface area contributed by atoms with Crippen LogP contribution in [0.4, 0.5) is 5.69 Å². The first-order valence-corrected chi connectivity index (χ1v) is 19.5. The molecule has 0 saturated carbocycles. The maximum absolute atomic E-state index is 6.40. The topological polar surface area (TPSA) is 90.5 Å². The van der Waals surface area contributed by atoms with Gasteiger partial charge in [0.25, 0.3) is 0 Å². The SMILES string of the molecule is Nc1ccccc1-c1cccc(-c2nc(-c3ccccc3)nc(-c3ccccc3-c3cccc(-c4ccccc4-c4nc(-c5ccccc5)c5ccccc5n4)c3)n2)c1. The van der Waals surface area contributed by atoms with Crippen molar-refractivity contribution < 1.29 is 0 Å². The van der Waals surface area contributed by atoms with Crippen LogP contribution in [0.3, 0.4) is 0 Å². The van der Waals surface area contributed by atoms with E-state index in [0.29, 0.717) is 29.0 Å². The molecule has 8 aromatic carbocycles. The second-order valence-corrected chi connectivity index (χ2v) is 14.3. The zero-order valence-corrected chi connectivity index (χ0v) is 31.9.